The molecule has 0 unspecified atom stereocenters. The number of esters is 1. The quantitative estimate of drug-likeness (QED) is 0.753. The number of phenols is 1. The van der Waals surface area contributed by atoms with Crippen LogP contribution in [0.4, 0.5) is 0 Å². The molecule has 0 aliphatic carbocycles. The second kappa shape index (κ2) is 8.73. The van der Waals surface area contributed by atoms with Gasteiger partial charge in [-0.05, 0) is 37.1 Å². The number of hydrogen-bond donors (Lipinski definition) is 2. The van der Waals surface area contributed by atoms with Gasteiger partial charge in [0, 0.05) is 6.54 Å². The zero-order valence-electron chi connectivity index (χ0n) is 14.2. The number of hydrogen-bond acceptors (Lipinski definition) is 5. The zero-order chi connectivity index (χ0) is 18.2. The van der Waals surface area contributed by atoms with Crippen molar-refractivity contribution in [3.63, 3.8) is 0 Å². The Balaban J connectivity index is 1.79. The highest BCUT2D eigenvalue weighted by Crippen LogP contribution is 2.19. The Morgan fingerprint density at radius 2 is 1.92 bits per heavy atom. The van der Waals surface area contributed by atoms with Crippen molar-refractivity contribution < 1.29 is 24.2 Å². The standard InChI is InChI=1S/C19H21NO5/c1-13-7-8-16(21)15(11-13)19(23)25-12-18(22)20-10-9-14-5-3-4-6-17(14)24-2/h3-8,11,21H,9-10,12H2,1-2H3,(H,20,22). The molecule has 0 aliphatic rings. The van der Waals surface area contributed by atoms with Crippen molar-refractivity contribution in [1.82, 2.24) is 5.32 Å². The van der Waals surface area contributed by atoms with Gasteiger partial charge in [0.2, 0.25) is 0 Å². The first kappa shape index (κ1) is 18.3. The second-order valence-electron chi connectivity index (χ2n) is 5.51. The van der Waals surface area contributed by atoms with Gasteiger partial charge in [-0.2, -0.15) is 0 Å². The van der Waals surface area contributed by atoms with E-state index in [-0.39, 0.29) is 11.3 Å². The van der Waals surface area contributed by atoms with Crippen LogP contribution in [0.5, 0.6) is 11.5 Å². The number of nitrogens with one attached hydrogen (secondary N) is 1. The summed E-state index contributed by atoms with van der Waals surface area (Å²) in [6, 6.07) is 12.2. The van der Waals surface area contributed by atoms with Crippen molar-refractivity contribution in [3.8, 4) is 11.5 Å². The predicted molar refractivity (Wildman–Crippen MR) is 92.8 cm³/mol. The maximum absolute atomic E-state index is 11.9. The van der Waals surface area contributed by atoms with Crippen LogP contribution < -0.4 is 10.1 Å². The normalized spacial score (nSPS) is 10.2. The number of carbonyl (C=O) groups excluding carboxylic acids is 2. The Hall–Kier alpha value is -3.02. The molecular formula is C19H21NO5. The molecule has 1 amide bonds. The van der Waals surface area contributed by atoms with Gasteiger partial charge >= 0.3 is 5.97 Å². The third kappa shape index (κ3) is 5.24. The van der Waals surface area contributed by atoms with Crippen LogP contribution in [0.1, 0.15) is 21.5 Å². The molecule has 0 aliphatic heterocycles. The van der Waals surface area contributed by atoms with E-state index in [1.165, 1.54) is 12.1 Å². The minimum Gasteiger partial charge on any atom is -0.507 e. The van der Waals surface area contributed by atoms with Gasteiger partial charge in [-0.1, -0.05) is 29.8 Å². The lowest BCUT2D eigenvalue weighted by molar-refractivity contribution is -0.124. The number of amides is 1. The van der Waals surface area contributed by atoms with E-state index in [0.717, 1.165) is 16.9 Å². The van der Waals surface area contributed by atoms with Gasteiger partial charge in [0.15, 0.2) is 6.61 Å². The Morgan fingerprint density at radius 3 is 2.68 bits per heavy atom. The predicted octanol–water partition coefficient (Wildman–Crippen LogP) is 2.22. The summed E-state index contributed by atoms with van der Waals surface area (Å²) in [6.07, 6.45) is 0.600. The van der Waals surface area contributed by atoms with Crippen LogP contribution in [0.3, 0.4) is 0 Å². The maximum Gasteiger partial charge on any atom is 0.342 e. The van der Waals surface area contributed by atoms with Crippen molar-refractivity contribution in [1.29, 1.82) is 0 Å². The largest absolute Gasteiger partial charge is 0.507 e. The number of carbonyl (C=O) groups is 2. The topological polar surface area (TPSA) is 84.9 Å². The van der Waals surface area contributed by atoms with Crippen LogP contribution in [0.2, 0.25) is 0 Å². The van der Waals surface area contributed by atoms with Gasteiger partial charge < -0.3 is 19.9 Å². The first-order valence-electron chi connectivity index (χ1n) is 7.86. The molecule has 0 heterocycles. The lowest BCUT2D eigenvalue weighted by Gasteiger charge is -2.10. The summed E-state index contributed by atoms with van der Waals surface area (Å²) in [4.78, 5) is 23.7. The smallest absolute Gasteiger partial charge is 0.342 e. The molecule has 132 valence electrons. The van der Waals surface area contributed by atoms with E-state index >= 15 is 0 Å². The lowest BCUT2D eigenvalue weighted by atomic mass is 10.1. The second-order valence-corrected chi connectivity index (χ2v) is 5.51. The fourth-order valence-electron chi connectivity index (χ4n) is 2.32. The average Bonchev–Trinajstić information content (AvgIpc) is 2.62. The lowest BCUT2D eigenvalue weighted by Crippen LogP contribution is -2.30. The molecule has 0 atom stereocenters. The van der Waals surface area contributed by atoms with E-state index in [4.69, 9.17) is 9.47 Å². The average molecular weight is 343 g/mol. The van der Waals surface area contributed by atoms with Gasteiger partial charge in [0.1, 0.15) is 17.1 Å². The van der Waals surface area contributed by atoms with Crippen molar-refractivity contribution in [2.24, 2.45) is 0 Å². The van der Waals surface area contributed by atoms with Gasteiger partial charge in [0.05, 0.1) is 7.11 Å². The first-order valence-corrected chi connectivity index (χ1v) is 7.86. The maximum atomic E-state index is 11.9. The molecule has 2 aromatic carbocycles. The first-order chi connectivity index (χ1) is 12.0. The fourth-order valence-corrected chi connectivity index (χ4v) is 2.32. The minimum absolute atomic E-state index is 0.0434. The van der Waals surface area contributed by atoms with E-state index in [2.05, 4.69) is 5.32 Å². The molecule has 0 fully saturated rings. The third-order valence-corrected chi connectivity index (χ3v) is 3.62. The highest BCUT2D eigenvalue weighted by atomic mass is 16.5. The van der Waals surface area contributed by atoms with E-state index < -0.39 is 18.5 Å². The Bertz CT molecular complexity index is 757. The van der Waals surface area contributed by atoms with Crippen LogP contribution >= 0.6 is 0 Å². The van der Waals surface area contributed by atoms with Gasteiger partial charge in [-0.15, -0.1) is 0 Å². The molecule has 2 rings (SSSR count). The van der Waals surface area contributed by atoms with Crippen molar-refractivity contribution >= 4 is 11.9 Å². The number of ether oxygens (including phenoxy) is 2. The fraction of sp³-hybridized carbons (Fsp3) is 0.263. The molecule has 2 N–H and O–H groups in total. The van der Waals surface area contributed by atoms with E-state index in [1.807, 2.05) is 24.3 Å². The zero-order valence-corrected chi connectivity index (χ0v) is 14.2. The Labute approximate surface area is 146 Å². The van der Waals surface area contributed by atoms with Gasteiger partial charge in [-0.3, -0.25) is 4.79 Å². The van der Waals surface area contributed by atoms with E-state index in [9.17, 15) is 14.7 Å². The van der Waals surface area contributed by atoms with Crippen LogP contribution in [0.15, 0.2) is 42.5 Å². The monoisotopic (exact) mass is 343 g/mol. The molecular weight excluding hydrogens is 322 g/mol. The minimum atomic E-state index is -0.735. The van der Waals surface area contributed by atoms with Crippen molar-refractivity contribution in [2.75, 3.05) is 20.3 Å². The molecule has 0 aromatic heterocycles. The summed E-state index contributed by atoms with van der Waals surface area (Å²) in [5.41, 5.74) is 1.83. The van der Waals surface area contributed by atoms with Crippen molar-refractivity contribution in [3.05, 3.63) is 59.2 Å². The summed E-state index contributed by atoms with van der Waals surface area (Å²) in [5.74, 6) is -0.554. The van der Waals surface area contributed by atoms with Crippen LogP contribution in [0, 0.1) is 6.92 Å². The number of benzene rings is 2. The number of aromatic hydroxyl groups is 1. The number of aryl methyl sites for hydroxylation is 1. The van der Waals surface area contributed by atoms with Gasteiger partial charge in [0.25, 0.3) is 5.91 Å². The van der Waals surface area contributed by atoms with Crippen LogP contribution in [-0.2, 0) is 16.0 Å². The molecule has 0 saturated carbocycles. The molecule has 6 heteroatoms. The number of phenolic OH excluding ortho intramolecular Hbond substituents is 1. The third-order valence-electron chi connectivity index (χ3n) is 3.62. The molecule has 0 radical (unpaired) electrons. The summed E-state index contributed by atoms with van der Waals surface area (Å²) < 4.78 is 10.2. The Morgan fingerprint density at radius 1 is 1.16 bits per heavy atom. The number of para-hydroxylation sites is 1. The SMILES string of the molecule is COc1ccccc1CCNC(=O)COC(=O)c1cc(C)ccc1O. The molecule has 0 spiro atoms. The number of methoxy groups -OCH3 is 1. The Kier molecular flexibility index (Phi) is 6.39. The van der Waals surface area contributed by atoms with E-state index in [0.29, 0.717) is 13.0 Å². The molecule has 2 aromatic rings. The highest BCUT2D eigenvalue weighted by Gasteiger charge is 2.14. The molecule has 6 nitrogen and oxygen atoms in total. The summed E-state index contributed by atoms with van der Waals surface area (Å²) in [7, 11) is 1.59. The summed E-state index contributed by atoms with van der Waals surface area (Å²) in [6.45, 7) is 1.78. The molecule has 25 heavy (non-hydrogen) atoms. The number of rotatable bonds is 7. The van der Waals surface area contributed by atoms with Crippen LogP contribution in [-0.4, -0.2) is 37.2 Å². The molecule has 0 saturated heterocycles. The van der Waals surface area contributed by atoms with E-state index in [1.54, 1.807) is 20.1 Å². The van der Waals surface area contributed by atoms with Crippen molar-refractivity contribution in [2.45, 2.75) is 13.3 Å². The summed E-state index contributed by atoms with van der Waals surface area (Å²) >= 11 is 0. The highest BCUT2D eigenvalue weighted by molar-refractivity contribution is 5.94. The summed E-state index contributed by atoms with van der Waals surface area (Å²) in [5, 5.41) is 12.4. The van der Waals surface area contributed by atoms with Crippen LogP contribution in [0.25, 0.3) is 0 Å². The molecule has 0 bridgehead atoms. The van der Waals surface area contributed by atoms with Gasteiger partial charge in [-0.25, -0.2) is 4.79 Å².